The molecular weight excluding hydrogens is 336 g/mol. The Balaban J connectivity index is 1.67. The van der Waals surface area contributed by atoms with E-state index in [9.17, 15) is 9.59 Å². The van der Waals surface area contributed by atoms with Gasteiger partial charge in [-0.1, -0.05) is 5.16 Å². The Bertz CT molecular complexity index is 762. The van der Waals surface area contributed by atoms with Crippen LogP contribution in [-0.4, -0.2) is 58.7 Å². The molecule has 2 aromatic heterocycles. The molecule has 1 atom stereocenters. The summed E-state index contributed by atoms with van der Waals surface area (Å²) in [7, 11) is 3.02. The fourth-order valence-corrected chi connectivity index (χ4v) is 3.13. The largest absolute Gasteiger partial charge is 0.453 e. The molecule has 0 saturated carbocycles. The summed E-state index contributed by atoms with van der Waals surface area (Å²) in [4.78, 5) is 31.9. The Morgan fingerprint density at radius 1 is 1.42 bits per heavy atom. The van der Waals surface area contributed by atoms with Gasteiger partial charge in [-0.25, -0.2) is 4.79 Å². The van der Waals surface area contributed by atoms with Crippen LogP contribution in [0.4, 0.5) is 4.79 Å². The number of carbonyl (C=O) groups excluding carboxylic acids is 2. The van der Waals surface area contributed by atoms with E-state index in [1.165, 1.54) is 12.0 Å². The maximum Gasteiger partial charge on any atom is 0.410 e. The number of amides is 2. The first kappa shape index (κ1) is 17.9. The Morgan fingerprint density at radius 2 is 2.27 bits per heavy atom. The number of methoxy groups -OCH3 is 1. The molecule has 0 radical (unpaired) electrons. The number of likely N-dealkylation sites (N-methyl/N-ethyl adjacent to an activating group) is 1. The van der Waals surface area contributed by atoms with Crippen LogP contribution in [0.5, 0.6) is 0 Å². The maximum absolute atomic E-state index is 12.8. The van der Waals surface area contributed by atoms with Crippen molar-refractivity contribution in [2.24, 2.45) is 0 Å². The quantitative estimate of drug-likeness (QED) is 0.833. The summed E-state index contributed by atoms with van der Waals surface area (Å²) in [6, 6.07) is 5.01. The normalized spacial score (nSPS) is 17.0. The second-order valence-electron chi connectivity index (χ2n) is 6.29. The highest BCUT2D eigenvalue weighted by molar-refractivity contribution is 5.85. The zero-order chi connectivity index (χ0) is 18.5. The fourth-order valence-electron chi connectivity index (χ4n) is 3.13. The zero-order valence-corrected chi connectivity index (χ0v) is 14.9. The van der Waals surface area contributed by atoms with Gasteiger partial charge in [-0.05, 0) is 31.4 Å². The third kappa shape index (κ3) is 3.84. The molecule has 0 aliphatic carbocycles. The summed E-state index contributed by atoms with van der Waals surface area (Å²) in [6.45, 7) is 0.808. The Morgan fingerprint density at radius 3 is 3.00 bits per heavy atom. The van der Waals surface area contributed by atoms with E-state index < -0.39 is 12.1 Å². The molecular formula is C18H22N4O4. The lowest BCUT2D eigenvalue weighted by atomic mass is 10.0. The van der Waals surface area contributed by atoms with Crippen LogP contribution in [0, 0.1) is 0 Å². The van der Waals surface area contributed by atoms with Gasteiger partial charge in [-0.2, -0.15) is 0 Å². The monoisotopic (exact) mass is 358 g/mol. The highest BCUT2D eigenvalue weighted by Gasteiger charge is 2.34. The molecule has 0 aromatic carbocycles. The molecule has 1 aliphatic heterocycles. The number of pyridine rings is 1. The van der Waals surface area contributed by atoms with Crippen molar-refractivity contribution >= 4 is 12.0 Å². The molecule has 0 N–H and O–H groups in total. The van der Waals surface area contributed by atoms with Gasteiger partial charge in [0.25, 0.3) is 0 Å². The van der Waals surface area contributed by atoms with Gasteiger partial charge >= 0.3 is 6.09 Å². The summed E-state index contributed by atoms with van der Waals surface area (Å²) < 4.78 is 10.1. The number of hydrogen-bond donors (Lipinski definition) is 0. The number of ether oxygens (including phenoxy) is 1. The Labute approximate surface area is 151 Å². The van der Waals surface area contributed by atoms with E-state index in [0.717, 1.165) is 18.4 Å². The number of nitrogens with zero attached hydrogens (tertiary/aromatic N) is 4. The first-order valence-electron chi connectivity index (χ1n) is 8.55. The van der Waals surface area contributed by atoms with Gasteiger partial charge < -0.3 is 14.2 Å². The summed E-state index contributed by atoms with van der Waals surface area (Å²) in [5, 5.41) is 4.03. The van der Waals surface area contributed by atoms with E-state index in [0.29, 0.717) is 24.4 Å². The summed E-state index contributed by atoms with van der Waals surface area (Å²) in [5.41, 5.74) is 1.52. The average Bonchev–Trinajstić information content (AvgIpc) is 3.16. The van der Waals surface area contributed by atoms with Gasteiger partial charge in [0.15, 0.2) is 5.76 Å². The number of piperidine rings is 1. The predicted molar refractivity (Wildman–Crippen MR) is 93.0 cm³/mol. The van der Waals surface area contributed by atoms with E-state index in [1.807, 2.05) is 12.1 Å². The SMILES string of the molecule is COC(=O)N1CCCCC1C(=O)N(C)Cc1cc(-c2cccnc2)no1. The van der Waals surface area contributed by atoms with E-state index in [1.54, 1.807) is 30.4 Å². The number of hydrogen-bond acceptors (Lipinski definition) is 6. The topological polar surface area (TPSA) is 88.8 Å². The van der Waals surface area contributed by atoms with Crippen LogP contribution < -0.4 is 0 Å². The lowest BCUT2D eigenvalue weighted by Crippen LogP contribution is -2.52. The van der Waals surface area contributed by atoms with Crippen LogP contribution >= 0.6 is 0 Å². The molecule has 0 spiro atoms. The Hall–Kier alpha value is -2.90. The first-order chi connectivity index (χ1) is 12.6. The number of carbonyl (C=O) groups is 2. The van der Waals surface area contributed by atoms with E-state index in [4.69, 9.17) is 9.26 Å². The molecule has 8 heteroatoms. The molecule has 138 valence electrons. The smallest absolute Gasteiger partial charge is 0.410 e. The average molecular weight is 358 g/mol. The lowest BCUT2D eigenvalue weighted by molar-refractivity contribution is -0.137. The van der Waals surface area contributed by atoms with Gasteiger partial charge in [0.05, 0.1) is 13.7 Å². The molecule has 1 aliphatic rings. The van der Waals surface area contributed by atoms with Crippen LogP contribution in [0.1, 0.15) is 25.0 Å². The van der Waals surface area contributed by atoms with Crippen LogP contribution in [0.15, 0.2) is 35.1 Å². The molecule has 8 nitrogen and oxygen atoms in total. The molecule has 1 fully saturated rings. The molecule has 3 heterocycles. The van der Waals surface area contributed by atoms with E-state index in [2.05, 4.69) is 10.1 Å². The minimum atomic E-state index is -0.498. The van der Waals surface area contributed by atoms with Gasteiger partial charge in [0.2, 0.25) is 5.91 Å². The zero-order valence-electron chi connectivity index (χ0n) is 14.9. The number of rotatable bonds is 4. The first-order valence-corrected chi connectivity index (χ1v) is 8.55. The summed E-state index contributed by atoms with van der Waals surface area (Å²) >= 11 is 0. The fraction of sp³-hybridized carbons (Fsp3) is 0.444. The molecule has 2 amide bonds. The van der Waals surface area contributed by atoms with Gasteiger partial charge in [-0.15, -0.1) is 0 Å². The molecule has 3 rings (SSSR count). The third-order valence-electron chi connectivity index (χ3n) is 4.48. The van der Waals surface area contributed by atoms with Crippen molar-refractivity contribution in [3.63, 3.8) is 0 Å². The van der Waals surface area contributed by atoms with Crippen molar-refractivity contribution < 1.29 is 18.8 Å². The van der Waals surface area contributed by atoms with Crippen LogP contribution in [0.25, 0.3) is 11.3 Å². The lowest BCUT2D eigenvalue weighted by Gasteiger charge is -2.35. The molecule has 1 saturated heterocycles. The molecule has 2 aromatic rings. The van der Waals surface area contributed by atoms with Gasteiger partial charge in [0, 0.05) is 37.6 Å². The van der Waals surface area contributed by atoms with Crippen LogP contribution in [0.2, 0.25) is 0 Å². The second kappa shape index (κ2) is 7.99. The van der Waals surface area contributed by atoms with E-state index >= 15 is 0 Å². The molecule has 1 unspecified atom stereocenters. The summed E-state index contributed by atoms with van der Waals surface area (Å²) in [6.07, 6.45) is 5.34. The third-order valence-corrected chi connectivity index (χ3v) is 4.48. The standard InChI is InChI=1S/C18H22N4O4/c1-21(17(23)16-7-3-4-9-22(16)18(24)25-2)12-14-10-15(20-26-14)13-6-5-8-19-11-13/h5-6,8,10-11,16H,3-4,7,9,12H2,1-2H3. The van der Waals surface area contributed by atoms with Crippen molar-refractivity contribution in [3.8, 4) is 11.3 Å². The van der Waals surface area contributed by atoms with Crippen molar-refractivity contribution in [2.75, 3.05) is 20.7 Å². The predicted octanol–water partition coefficient (Wildman–Crippen LogP) is 2.32. The van der Waals surface area contributed by atoms with Crippen molar-refractivity contribution in [3.05, 3.63) is 36.4 Å². The van der Waals surface area contributed by atoms with Gasteiger partial charge in [-0.3, -0.25) is 14.7 Å². The minimum Gasteiger partial charge on any atom is -0.453 e. The maximum atomic E-state index is 12.8. The van der Waals surface area contributed by atoms with E-state index in [-0.39, 0.29) is 12.5 Å². The molecule has 0 bridgehead atoms. The highest BCUT2D eigenvalue weighted by atomic mass is 16.5. The molecule has 26 heavy (non-hydrogen) atoms. The number of aromatic nitrogens is 2. The highest BCUT2D eigenvalue weighted by Crippen LogP contribution is 2.22. The van der Waals surface area contributed by atoms with Crippen LogP contribution in [0.3, 0.4) is 0 Å². The van der Waals surface area contributed by atoms with Crippen molar-refractivity contribution in [1.82, 2.24) is 19.9 Å². The minimum absolute atomic E-state index is 0.130. The summed E-state index contributed by atoms with van der Waals surface area (Å²) in [5.74, 6) is 0.439. The second-order valence-corrected chi connectivity index (χ2v) is 6.29. The van der Waals surface area contributed by atoms with Gasteiger partial charge in [0.1, 0.15) is 11.7 Å². The van der Waals surface area contributed by atoms with Crippen molar-refractivity contribution in [2.45, 2.75) is 31.8 Å². The number of likely N-dealkylation sites (tertiary alicyclic amines) is 1. The van der Waals surface area contributed by atoms with Crippen molar-refractivity contribution in [1.29, 1.82) is 0 Å². The van der Waals surface area contributed by atoms with Crippen LogP contribution in [-0.2, 0) is 16.1 Å². The Kier molecular flexibility index (Phi) is 5.50.